The average molecular weight is 450 g/mol. The summed E-state index contributed by atoms with van der Waals surface area (Å²) in [6.45, 7) is 3.92. The van der Waals surface area contributed by atoms with Gasteiger partial charge in [-0.25, -0.2) is 0 Å². The highest BCUT2D eigenvalue weighted by atomic mass is 35.5. The highest BCUT2D eigenvalue weighted by Gasteiger charge is 2.36. The summed E-state index contributed by atoms with van der Waals surface area (Å²) in [5.74, 6) is 0.0740. The number of aliphatic imine (C=N–C) groups is 1. The van der Waals surface area contributed by atoms with Crippen molar-refractivity contribution in [1.29, 1.82) is 5.41 Å². The molecule has 0 bridgehead atoms. The maximum atomic E-state index is 12.7. The summed E-state index contributed by atoms with van der Waals surface area (Å²) in [5, 5.41) is 15.9. The average Bonchev–Trinajstić information content (AvgIpc) is 3.46. The van der Waals surface area contributed by atoms with Crippen LogP contribution in [0.1, 0.15) is 22.7 Å². The van der Waals surface area contributed by atoms with Crippen LogP contribution in [0.5, 0.6) is 0 Å². The number of aromatic nitrogens is 1. The maximum absolute atomic E-state index is 12.7. The van der Waals surface area contributed by atoms with Crippen molar-refractivity contribution < 1.29 is 9.21 Å². The van der Waals surface area contributed by atoms with E-state index in [4.69, 9.17) is 21.4 Å². The quantitative estimate of drug-likeness (QED) is 0.569. The van der Waals surface area contributed by atoms with Crippen molar-refractivity contribution in [1.82, 2.24) is 9.58 Å². The molecule has 0 fully saturated rings. The minimum atomic E-state index is -0.470. The molecule has 2 aromatic heterocycles. The molecule has 3 aromatic rings. The van der Waals surface area contributed by atoms with E-state index in [1.165, 1.54) is 16.8 Å². The van der Waals surface area contributed by atoms with Crippen LogP contribution in [0.15, 0.2) is 68.8 Å². The van der Waals surface area contributed by atoms with Gasteiger partial charge in [0, 0.05) is 11.4 Å². The number of nitrogens with one attached hydrogen (secondary N) is 1. The number of halogens is 1. The second kappa shape index (κ2) is 7.40. The molecular formula is C22H16ClN5O2S. The molecule has 1 aromatic carbocycles. The van der Waals surface area contributed by atoms with Crippen LogP contribution in [-0.4, -0.2) is 31.5 Å². The van der Waals surface area contributed by atoms with Gasteiger partial charge in [-0.15, -0.1) is 0 Å². The highest BCUT2D eigenvalue weighted by molar-refractivity contribution is 8.27. The molecule has 1 N–H and O–H groups in total. The van der Waals surface area contributed by atoms with E-state index in [-0.39, 0.29) is 11.4 Å². The summed E-state index contributed by atoms with van der Waals surface area (Å²) in [6, 6.07) is 13.1. The summed E-state index contributed by atoms with van der Waals surface area (Å²) in [5.41, 5.74) is 3.72. The van der Waals surface area contributed by atoms with Crippen molar-refractivity contribution in [2.45, 2.75) is 13.8 Å². The van der Waals surface area contributed by atoms with Crippen LogP contribution in [0.2, 0.25) is 5.02 Å². The summed E-state index contributed by atoms with van der Waals surface area (Å²) in [6.07, 6.45) is 3.24. The normalized spacial score (nSPS) is 17.3. The van der Waals surface area contributed by atoms with E-state index >= 15 is 0 Å². The number of rotatable bonds is 3. The predicted octanol–water partition coefficient (Wildman–Crippen LogP) is 5.01. The SMILES string of the molecule is Cc1cc(/C=C2/C(=N)N3N=C(c4ccco4)SC3=NC2=O)c(C)n1-c1ccccc1Cl. The number of aryl methyl sites for hydroxylation is 1. The number of hydrogen-bond acceptors (Lipinski definition) is 5. The minimum absolute atomic E-state index is 0.0217. The second-order valence-electron chi connectivity index (χ2n) is 7.02. The first-order valence-corrected chi connectivity index (χ1v) is 10.6. The fourth-order valence-corrected chi connectivity index (χ4v) is 4.66. The Bertz CT molecular complexity index is 1330. The number of nitrogens with zero attached hydrogens (tertiary/aromatic N) is 4. The Balaban J connectivity index is 1.54. The van der Waals surface area contributed by atoms with Crippen molar-refractivity contribution in [2.75, 3.05) is 0 Å². The molecule has 0 atom stereocenters. The molecule has 0 spiro atoms. The Labute approximate surface area is 187 Å². The van der Waals surface area contributed by atoms with E-state index in [1.54, 1.807) is 24.5 Å². The van der Waals surface area contributed by atoms with Gasteiger partial charge in [0.15, 0.2) is 16.6 Å². The number of carbonyl (C=O) groups is 1. The summed E-state index contributed by atoms with van der Waals surface area (Å²) < 4.78 is 7.40. The fourth-order valence-electron chi connectivity index (χ4n) is 3.58. The molecule has 1 amide bonds. The van der Waals surface area contributed by atoms with Gasteiger partial charge in [-0.3, -0.25) is 10.2 Å². The second-order valence-corrected chi connectivity index (χ2v) is 8.38. The van der Waals surface area contributed by atoms with E-state index < -0.39 is 5.91 Å². The van der Waals surface area contributed by atoms with Crippen molar-refractivity contribution in [3.05, 3.63) is 82.0 Å². The number of furan rings is 1. The molecule has 2 aliphatic heterocycles. The molecule has 4 heterocycles. The fraction of sp³-hybridized carbons (Fsp3) is 0.0909. The summed E-state index contributed by atoms with van der Waals surface area (Å²) in [7, 11) is 0. The highest BCUT2D eigenvalue weighted by Crippen LogP contribution is 2.32. The van der Waals surface area contributed by atoms with Crippen LogP contribution < -0.4 is 0 Å². The lowest BCUT2D eigenvalue weighted by Gasteiger charge is -2.20. The molecule has 5 rings (SSSR count). The molecular weight excluding hydrogens is 434 g/mol. The van der Waals surface area contributed by atoms with Crippen molar-refractivity contribution in [2.24, 2.45) is 10.1 Å². The van der Waals surface area contributed by atoms with Crippen LogP contribution in [0, 0.1) is 19.3 Å². The van der Waals surface area contributed by atoms with Gasteiger partial charge in [0.05, 0.1) is 22.5 Å². The zero-order chi connectivity index (χ0) is 21.7. The number of benzene rings is 1. The van der Waals surface area contributed by atoms with E-state index in [0.717, 1.165) is 22.6 Å². The Morgan fingerprint density at radius 2 is 2.00 bits per heavy atom. The molecule has 0 saturated heterocycles. The van der Waals surface area contributed by atoms with E-state index in [1.807, 2.05) is 48.7 Å². The van der Waals surface area contributed by atoms with Crippen LogP contribution in [-0.2, 0) is 4.79 Å². The first-order valence-electron chi connectivity index (χ1n) is 9.42. The molecule has 9 heteroatoms. The third kappa shape index (κ3) is 3.24. The minimum Gasteiger partial charge on any atom is -0.462 e. The molecule has 7 nitrogen and oxygen atoms in total. The lowest BCUT2D eigenvalue weighted by atomic mass is 10.1. The van der Waals surface area contributed by atoms with Crippen LogP contribution in [0.3, 0.4) is 0 Å². The molecule has 0 aliphatic carbocycles. The lowest BCUT2D eigenvalue weighted by molar-refractivity contribution is -0.114. The van der Waals surface area contributed by atoms with Crippen molar-refractivity contribution in [3.63, 3.8) is 0 Å². The van der Waals surface area contributed by atoms with Gasteiger partial charge in [0.25, 0.3) is 5.91 Å². The Morgan fingerprint density at radius 1 is 1.19 bits per heavy atom. The third-order valence-corrected chi connectivity index (χ3v) is 6.29. The molecule has 0 saturated carbocycles. The zero-order valence-electron chi connectivity index (χ0n) is 16.6. The predicted molar refractivity (Wildman–Crippen MR) is 123 cm³/mol. The topological polar surface area (TPSA) is 87.0 Å². The molecule has 0 unspecified atom stereocenters. The van der Waals surface area contributed by atoms with Crippen molar-refractivity contribution in [3.8, 4) is 5.69 Å². The Hall–Kier alpha value is -3.36. The lowest BCUT2D eigenvalue weighted by Crippen LogP contribution is -2.35. The number of amides is 1. The summed E-state index contributed by atoms with van der Waals surface area (Å²) >= 11 is 7.59. The molecule has 31 heavy (non-hydrogen) atoms. The smallest absolute Gasteiger partial charge is 0.283 e. The van der Waals surface area contributed by atoms with Crippen LogP contribution >= 0.6 is 23.4 Å². The van der Waals surface area contributed by atoms with Gasteiger partial charge in [-0.2, -0.15) is 15.1 Å². The third-order valence-electron chi connectivity index (χ3n) is 5.05. The maximum Gasteiger partial charge on any atom is 0.283 e. The standard InChI is InChI=1S/C22H16ClN5O2S/c1-12-10-14(13(2)27(12)17-7-4-3-6-16(17)23)11-15-19(24)28-22(25-20(15)29)31-21(26-28)18-8-5-9-30-18/h3-11,24H,1-2H3/b15-11-,24-19?. The monoisotopic (exact) mass is 449 g/mol. The van der Waals surface area contributed by atoms with E-state index in [2.05, 4.69) is 10.1 Å². The van der Waals surface area contributed by atoms with Gasteiger partial charge < -0.3 is 8.98 Å². The van der Waals surface area contributed by atoms with Gasteiger partial charge >= 0.3 is 0 Å². The Kier molecular flexibility index (Phi) is 4.68. The van der Waals surface area contributed by atoms with Gasteiger partial charge in [0.1, 0.15) is 0 Å². The Morgan fingerprint density at radius 3 is 2.74 bits per heavy atom. The zero-order valence-corrected chi connectivity index (χ0v) is 18.2. The molecule has 2 aliphatic rings. The van der Waals surface area contributed by atoms with Gasteiger partial charge in [-0.1, -0.05) is 23.7 Å². The number of para-hydroxylation sites is 1. The molecule has 0 radical (unpaired) electrons. The van der Waals surface area contributed by atoms with Gasteiger partial charge in [-0.05, 0) is 67.6 Å². The van der Waals surface area contributed by atoms with Gasteiger partial charge in [0.2, 0.25) is 5.17 Å². The number of carbonyl (C=O) groups excluding carboxylic acids is 1. The summed E-state index contributed by atoms with van der Waals surface area (Å²) in [4.78, 5) is 16.9. The number of thioether (sulfide) groups is 1. The van der Waals surface area contributed by atoms with Crippen molar-refractivity contribution >= 4 is 51.4 Å². The van der Waals surface area contributed by atoms with E-state index in [9.17, 15) is 4.79 Å². The largest absolute Gasteiger partial charge is 0.462 e. The number of fused-ring (bicyclic) bond motifs is 1. The molecule has 154 valence electrons. The first kappa shape index (κ1) is 19.6. The van der Waals surface area contributed by atoms with Crippen LogP contribution in [0.25, 0.3) is 11.8 Å². The van der Waals surface area contributed by atoms with E-state index in [0.29, 0.717) is 21.0 Å². The first-order chi connectivity index (χ1) is 14.9. The number of hydrazone groups is 1. The van der Waals surface area contributed by atoms with Crippen LogP contribution in [0.4, 0.5) is 0 Å². The number of amidine groups is 2. The number of hydrogen-bond donors (Lipinski definition) is 1.